The third kappa shape index (κ3) is 3.85. The van der Waals surface area contributed by atoms with E-state index in [1.165, 1.54) is 29.8 Å². The molecule has 5 heteroatoms. The Hall–Kier alpha value is -1.88. The molecule has 118 valence electrons. The monoisotopic (exact) mass is 318 g/mol. The standard InChI is InChI=1S/C17H22N2O2S/c1-3-4-5-8-15-10-12-16(13-11-15)22(20,21)19(2)17-9-6-7-14-18-17/h6-7,9-14H,3-5,8H2,1-2H3. The molecule has 0 N–H and O–H groups in total. The number of benzene rings is 1. The normalized spacial score (nSPS) is 11.4. The number of hydrogen-bond donors (Lipinski definition) is 0. The lowest BCUT2D eigenvalue weighted by molar-refractivity contribution is 0.594. The zero-order valence-corrected chi connectivity index (χ0v) is 13.9. The number of hydrogen-bond acceptors (Lipinski definition) is 3. The van der Waals surface area contributed by atoms with Gasteiger partial charge in [0, 0.05) is 13.2 Å². The van der Waals surface area contributed by atoms with Crippen LogP contribution in [0.15, 0.2) is 53.6 Å². The van der Waals surface area contributed by atoms with E-state index < -0.39 is 10.0 Å². The van der Waals surface area contributed by atoms with Gasteiger partial charge in [-0.3, -0.25) is 4.31 Å². The highest BCUT2D eigenvalue weighted by atomic mass is 32.2. The highest BCUT2D eigenvalue weighted by molar-refractivity contribution is 7.92. The van der Waals surface area contributed by atoms with E-state index in [0.717, 1.165) is 12.8 Å². The molecule has 0 saturated heterocycles. The van der Waals surface area contributed by atoms with Crippen molar-refractivity contribution in [2.24, 2.45) is 0 Å². The van der Waals surface area contributed by atoms with Crippen molar-refractivity contribution >= 4 is 15.8 Å². The molecule has 1 aromatic heterocycles. The van der Waals surface area contributed by atoms with Crippen molar-refractivity contribution in [2.45, 2.75) is 37.5 Å². The summed E-state index contributed by atoms with van der Waals surface area (Å²) in [6.07, 6.45) is 6.09. The lowest BCUT2D eigenvalue weighted by Crippen LogP contribution is -2.27. The summed E-state index contributed by atoms with van der Waals surface area (Å²) in [5.74, 6) is 0.412. The predicted molar refractivity (Wildman–Crippen MR) is 89.5 cm³/mol. The Balaban J connectivity index is 2.16. The van der Waals surface area contributed by atoms with Gasteiger partial charge < -0.3 is 0 Å². The van der Waals surface area contributed by atoms with Crippen LogP contribution in [-0.4, -0.2) is 20.4 Å². The van der Waals surface area contributed by atoms with Gasteiger partial charge in [-0.15, -0.1) is 0 Å². The first-order chi connectivity index (χ1) is 10.6. The average Bonchev–Trinajstić information content (AvgIpc) is 2.55. The number of unbranched alkanes of at least 4 members (excludes halogenated alkanes) is 2. The maximum Gasteiger partial charge on any atom is 0.265 e. The van der Waals surface area contributed by atoms with Crippen molar-refractivity contribution in [1.29, 1.82) is 0 Å². The predicted octanol–water partition coefficient (Wildman–Crippen LogP) is 3.64. The summed E-state index contributed by atoms with van der Waals surface area (Å²) < 4.78 is 26.4. The topological polar surface area (TPSA) is 50.3 Å². The van der Waals surface area contributed by atoms with Crippen LogP contribution in [0.1, 0.15) is 31.7 Å². The Kier molecular flexibility index (Phi) is 5.55. The first-order valence-corrected chi connectivity index (χ1v) is 8.98. The van der Waals surface area contributed by atoms with Crippen LogP contribution >= 0.6 is 0 Å². The maximum absolute atomic E-state index is 12.6. The lowest BCUT2D eigenvalue weighted by Gasteiger charge is -2.18. The van der Waals surface area contributed by atoms with Gasteiger partial charge in [0.15, 0.2) is 0 Å². The van der Waals surface area contributed by atoms with Crippen LogP contribution < -0.4 is 4.31 Å². The molecule has 2 rings (SSSR count). The molecule has 0 spiro atoms. The smallest absolute Gasteiger partial charge is 0.253 e. The van der Waals surface area contributed by atoms with Crippen molar-refractivity contribution in [3.8, 4) is 0 Å². The van der Waals surface area contributed by atoms with Gasteiger partial charge in [-0.2, -0.15) is 0 Å². The molecule has 0 saturated carbocycles. The third-order valence-corrected chi connectivity index (χ3v) is 5.40. The number of sulfonamides is 1. The first kappa shape index (κ1) is 16.5. The van der Waals surface area contributed by atoms with Crippen molar-refractivity contribution in [2.75, 3.05) is 11.4 Å². The minimum atomic E-state index is -3.56. The Morgan fingerprint density at radius 1 is 1.05 bits per heavy atom. The minimum Gasteiger partial charge on any atom is -0.253 e. The van der Waals surface area contributed by atoms with Crippen LogP contribution in [0.3, 0.4) is 0 Å². The van der Waals surface area contributed by atoms with Crippen molar-refractivity contribution in [3.05, 3.63) is 54.2 Å². The zero-order valence-electron chi connectivity index (χ0n) is 13.1. The number of nitrogens with zero attached hydrogens (tertiary/aromatic N) is 2. The molecular formula is C17H22N2O2S. The van der Waals surface area contributed by atoms with Crippen molar-refractivity contribution in [3.63, 3.8) is 0 Å². The highest BCUT2D eigenvalue weighted by Crippen LogP contribution is 2.20. The molecule has 2 aromatic rings. The molecule has 4 nitrogen and oxygen atoms in total. The van der Waals surface area contributed by atoms with E-state index in [1.54, 1.807) is 36.5 Å². The van der Waals surface area contributed by atoms with Gasteiger partial charge in [0.2, 0.25) is 0 Å². The number of pyridine rings is 1. The van der Waals surface area contributed by atoms with E-state index in [0.29, 0.717) is 10.7 Å². The van der Waals surface area contributed by atoms with E-state index in [9.17, 15) is 8.42 Å². The van der Waals surface area contributed by atoms with E-state index >= 15 is 0 Å². The summed E-state index contributed by atoms with van der Waals surface area (Å²) in [7, 11) is -2.04. The molecule has 1 aromatic carbocycles. The second kappa shape index (κ2) is 7.40. The van der Waals surface area contributed by atoms with Gasteiger partial charge in [-0.25, -0.2) is 13.4 Å². The van der Waals surface area contributed by atoms with Crippen molar-refractivity contribution in [1.82, 2.24) is 4.98 Å². The Morgan fingerprint density at radius 3 is 2.36 bits per heavy atom. The molecule has 0 bridgehead atoms. The van der Waals surface area contributed by atoms with Crippen LogP contribution in [0.25, 0.3) is 0 Å². The van der Waals surface area contributed by atoms with E-state index in [-0.39, 0.29) is 0 Å². The number of rotatable bonds is 7. The summed E-state index contributed by atoms with van der Waals surface area (Å²) >= 11 is 0. The molecule has 22 heavy (non-hydrogen) atoms. The second-order valence-electron chi connectivity index (χ2n) is 5.26. The second-order valence-corrected chi connectivity index (χ2v) is 7.23. The summed E-state index contributed by atoms with van der Waals surface area (Å²) in [5.41, 5.74) is 1.17. The summed E-state index contributed by atoms with van der Waals surface area (Å²) in [5, 5.41) is 0. The van der Waals surface area contributed by atoms with Crippen LogP contribution in [0.2, 0.25) is 0 Å². The first-order valence-electron chi connectivity index (χ1n) is 7.54. The lowest BCUT2D eigenvalue weighted by atomic mass is 10.1. The quantitative estimate of drug-likeness (QED) is 0.732. The minimum absolute atomic E-state index is 0.292. The fourth-order valence-corrected chi connectivity index (χ4v) is 3.38. The molecule has 0 aliphatic rings. The molecule has 0 fully saturated rings. The van der Waals surface area contributed by atoms with Crippen LogP contribution in [0.5, 0.6) is 0 Å². The van der Waals surface area contributed by atoms with Gasteiger partial charge >= 0.3 is 0 Å². The molecule has 0 amide bonds. The van der Waals surface area contributed by atoms with Gasteiger partial charge in [0.25, 0.3) is 10.0 Å². The summed E-state index contributed by atoms with van der Waals surface area (Å²) in [6, 6.07) is 12.4. The number of anilines is 1. The summed E-state index contributed by atoms with van der Waals surface area (Å²) in [6.45, 7) is 2.17. The number of aryl methyl sites for hydroxylation is 1. The Labute approximate surface area is 132 Å². The number of aromatic nitrogens is 1. The van der Waals surface area contributed by atoms with Gasteiger partial charge in [-0.1, -0.05) is 38.0 Å². The molecular weight excluding hydrogens is 296 g/mol. The van der Waals surface area contributed by atoms with E-state index in [4.69, 9.17) is 0 Å². The molecule has 0 aliphatic carbocycles. The third-order valence-electron chi connectivity index (χ3n) is 3.62. The van der Waals surface area contributed by atoms with Crippen LogP contribution in [-0.2, 0) is 16.4 Å². The molecule has 0 radical (unpaired) electrons. The largest absolute Gasteiger partial charge is 0.265 e. The van der Waals surface area contributed by atoms with Crippen LogP contribution in [0, 0.1) is 0 Å². The van der Waals surface area contributed by atoms with Gasteiger partial charge in [-0.05, 0) is 42.7 Å². The fraction of sp³-hybridized carbons (Fsp3) is 0.353. The maximum atomic E-state index is 12.6. The molecule has 0 aliphatic heterocycles. The van der Waals surface area contributed by atoms with Gasteiger partial charge in [0.05, 0.1) is 4.90 Å². The zero-order chi connectivity index (χ0) is 16.0. The molecule has 0 atom stereocenters. The van der Waals surface area contributed by atoms with Gasteiger partial charge in [0.1, 0.15) is 5.82 Å². The van der Waals surface area contributed by atoms with Crippen LogP contribution in [0.4, 0.5) is 5.82 Å². The molecule has 1 heterocycles. The SMILES string of the molecule is CCCCCc1ccc(S(=O)(=O)N(C)c2ccccn2)cc1. The summed E-state index contributed by atoms with van der Waals surface area (Å²) in [4.78, 5) is 4.38. The Morgan fingerprint density at radius 2 is 1.77 bits per heavy atom. The van der Waals surface area contributed by atoms with E-state index in [2.05, 4.69) is 11.9 Å². The van der Waals surface area contributed by atoms with Crippen molar-refractivity contribution < 1.29 is 8.42 Å². The van der Waals surface area contributed by atoms with E-state index in [1.807, 2.05) is 12.1 Å². The molecule has 0 unspecified atom stereocenters. The average molecular weight is 318 g/mol. The fourth-order valence-electron chi connectivity index (χ4n) is 2.23. The Bertz CT molecular complexity index is 682. The highest BCUT2D eigenvalue weighted by Gasteiger charge is 2.21.